The molecular weight excluding hydrogens is 258 g/mol. The molecule has 0 amide bonds. The Morgan fingerprint density at radius 1 is 1.50 bits per heavy atom. The Morgan fingerprint density at radius 3 is 2.55 bits per heavy atom. The lowest BCUT2D eigenvalue weighted by Crippen LogP contribution is -2.04. The van der Waals surface area contributed by atoms with E-state index in [1.165, 1.54) is 13.3 Å². The number of aliphatic carboxylic acids is 1. The molecule has 0 saturated heterocycles. The molecule has 3 N–H and O–H groups in total. The van der Waals surface area contributed by atoms with Gasteiger partial charge in [-0.05, 0) is 12.0 Å². The lowest BCUT2D eigenvalue weighted by Gasteiger charge is -1.98. The van der Waals surface area contributed by atoms with E-state index in [4.69, 9.17) is 15.6 Å². The Labute approximate surface area is 119 Å². The van der Waals surface area contributed by atoms with Crippen molar-refractivity contribution >= 4 is 18.0 Å². The van der Waals surface area contributed by atoms with Crippen LogP contribution in [0.4, 0.5) is 5.82 Å². The van der Waals surface area contributed by atoms with Gasteiger partial charge in [0.05, 0.1) is 12.7 Å². The predicted molar refractivity (Wildman–Crippen MR) is 79.4 cm³/mol. The van der Waals surface area contributed by atoms with E-state index in [2.05, 4.69) is 30.7 Å². The zero-order chi connectivity index (χ0) is 15.5. The first kappa shape index (κ1) is 17.6. The Morgan fingerprint density at radius 2 is 2.10 bits per heavy atom. The zero-order valence-electron chi connectivity index (χ0n) is 12.2. The van der Waals surface area contributed by atoms with E-state index in [0.717, 1.165) is 18.3 Å². The largest absolute Gasteiger partial charge is 0.497 e. The average Bonchev–Trinajstić information content (AvgIpc) is 2.38. The van der Waals surface area contributed by atoms with Gasteiger partial charge in [0.15, 0.2) is 5.82 Å². The molecule has 1 rings (SSSR count). The molecular formula is C14H21N3O3. The molecule has 6 heteroatoms. The second-order valence-electron chi connectivity index (χ2n) is 4.47. The van der Waals surface area contributed by atoms with E-state index in [-0.39, 0.29) is 5.57 Å². The lowest BCUT2D eigenvalue weighted by atomic mass is 10.3. The highest BCUT2D eigenvalue weighted by atomic mass is 16.5. The summed E-state index contributed by atoms with van der Waals surface area (Å²) in [7, 11) is 1.52. The maximum atomic E-state index is 10.6. The number of aliphatic imine (C=N–C) groups is 1. The van der Waals surface area contributed by atoms with Gasteiger partial charge in [0.2, 0.25) is 0 Å². The third-order valence-corrected chi connectivity index (χ3v) is 1.72. The van der Waals surface area contributed by atoms with E-state index in [9.17, 15) is 4.79 Å². The number of carbonyl (C=O) groups is 1. The van der Waals surface area contributed by atoms with Crippen LogP contribution in [0.15, 0.2) is 35.1 Å². The monoisotopic (exact) mass is 279 g/mol. The van der Waals surface area contributed by atoms with Crippen molar-refractivity contribution in [3.8, 4) is 5.75 Å². The smallest absolute Gasteiger partial charge is 0.338 e. The fourth-order valence-corrected chi connectivity index (χ4v) is 0.903. The van der Waals surface area contributed by atoms with Crippen LogP contribution in [0.2, 0.25) is 0 Å². The van der Waals surface area contributed by atoms with Gasteiger partial charge in [-0.3, -0.25) is 0 Å². The van der Waals surface area contributed by atoms with Crippen LogP contribution in [0.25, 0.3) is 0 Å². The van der Waals surface area contributed by atoms with Gasteiger partial charge in [-0.2, -0.15) is 0 Å². The second kappa shape index (κ2) is 9.55. The number of nitrogens with two attached hydrogens (primary N) is 1. The number of hydrogen-bond donors (Lipinski definition) is 2. The van der Waals surface area contributed by atoms with E-state index in [0.29, 0.717) is 11.6 Å². The highest BCUT2D eigenvalue weighted by Crippen LogP contribution is 2.15. The van der Waals surface area contributed by atoms with Gasteiger partial charge in [0, 0.05) is 24.7 Å². The van der Waals surface area contributed by atoms with Crippen molar-refractivity contribution in [2.75, 3.05) is 7.11 Å². The summed E-state index contributed by atoms with van der Waals surface area (Å²) in [6.45, 7) is 6.50. The van der Waals surface area contributed by atoms with E-state index < -0.39 is 5.97 Å². The molecule has 0 fully saturated rings. The van der Waals surface area contributed by atoms with E-state index in [1.807, 2.05) is 0 Å². The number of rotatable bonds is 4. The molecule has 0 aliphatic carbocycles. The van der Waals surface area contributed by atoms with Gasteiger partial charge in [-0.15, -0.1) is 0 Å². The molecule has 0 radical (unpaired) electrons. The van der Waals surface area contributed by atoms with Crippen molar-refractivity contribution in [2.24, 2.45) is 16.6 Å². The molecule has 20 heavy (non-hydrogen) atoms. The van der Waals surface area contributed by atoms with Crippen molar-refractivity contribution < 1.29 is 14.6 Å². The SMILES string of the molecule is CC(C)C.COc1ccnc(N=C/C(=C\N)C(=O)O)c1. The molecule has 0 spiro atoms. The standard InChI is InChI=1S/C10H11N3O3.C4H10/c1-16-8-2-3-12-9(4-8)13-6-7(5-11)10(14)15;1-4(2)3/h2-6H,11H2,1H3,(H,14,15);4H,1-3H3/b7-5+,13-6?;. The summed E-state index contributed by atoms with van der Waals surface area (Å²) in [5.74, 6) is 0.629. The third-order valence-electron chi connectivity index (χ3n) is 1.72. The number of carboxylic acid groups (broad SMARTS) is 1. The van der Waals surface area contributed by atoms with Crippen LogP contribution in [-0.2, 0) is 4.79 Å². The fourth-order valence-electron chi connectivity index (χ4n) is 0.903. The Balaban J connectivity index is 0.000000796. The van der Waals surface area contributed by atoms with Gasteiger partial charge in [-0.25, -0.2) is 14.8 Å². The number of methoxy groups -OCH3 is 1. The van der Waals surface area contributed by atoms with Gasteiger partial charge in [0.25, 0.3) is 0 Å². The highest BCUT2D eigenvalue weighted by Gasteiger charge is 2.02. The first-order valence-corrected chi connectivity index (χ1v) is 6.10. The number of carboxylic acids is 1. The van der Waals surface area contributed by atoms with Gasteiger partial charge in [0.1, 0.15) is 5.75 Å². The average molecular weight is 279 g/mol. The minimum absolute atomic E-state index is 0.107. The second-order valence-corrected chi connectivity index (χ2v) is 4.47. The van der Waals surface area contributed by atoms with Crippen LogP contribution in [0.3, 0.4) is 0 Å². The molecule has 0 aliphatic heterocycles. The van der Waals surface area contributed by atoms with Crippen molar-refractivity contribution in [1.82, 2.24) is 4.98 Å². The first-order valence-electron chi connectivity index (χ1n) is 6.10. The number of hydrogen-bond acceptors (Lipinski definition) is 5. The molecule has 0 aromatic carbocycles. The number of ether oxygens (including phenoxy) is 1. The molecule has 6 nitrogen and oxygen atoms in total. The van der Waals surface area contributed by atoms with Crippen molar-refractivity contribution in [2.45, 2.75) is 20.8 Å². The summed E-state index contributed by atoms with van der Waals surface area (Å²) in [6, 6.07) is 3.24. The highest BCUT2D eigenvalue weighted by molar-refractivity contribution is 6.08. The van der Waals surface area contributed by atoms with Crippen LogP contribution in [-0.4, -0.2) is 29.4 Å². The number of nitrogens with zero attached hydrogens (tertiary/aromatic N) is 2. The Hall–Kier alpha value is -2.37. The van der Waals surface area contributed by atoms with Crippen LogP contribution in [0.1, 0.15) is 20.8 Å². The quantitative estimate of drug-likeness (QED) is 0.651. The van der Waals surface area contributed by atoms with Crippen molar-refractivity contribution in [3.05, 3.63) is 30.1 Å². The van der Waals surface area contributed by atoms with E-state index >= 15 is 0 Å². The maximum absolute atomic E-state index is 10.6. The fraction of sp³-hybridized carbons (Fsp3) is 0.357. The molecule has 0 saturated carbocycles. The Bertz CT molecular complexity index is 480. The van der Waals surface area contributed by atoms with Crippen LogP contribution in [0.5, 0.6) is 5.75 Å². The first-order chi connectivity index (χ1) is 9.40. The van der Waals surface area contributed by atoms with Gasteiger partial charge in [-0.1, -0.05) is 20.8 Å². The third kappa shape index (κ3) is 7.86. The number of pyridine rings is 1. The predicted octanol–water partition coefficient (Wildman–Crippen LogP) is 2.38. The molecule has 0 unspecified atom stereocenters. The Kier molecular flexibility index (Phi) is 8.41. The maximum Gasteiger partial charge on any atom is 0.338 e. The summed E-state index contributed by atoms with van der Waals surface area (Å²) >= 11 is 0. The summed E-state index contributed by atoms with van der Waals surface area (Å²) in [5.41, 5.74) is 5.01. The molecule has 0 aliphatic rings. The zero-order valence-corrected chi connectivity index (χ0v) is 12.2. The molecule has 1 aromatic heterocycles. The van der Waals surface area contributed by atoms with Gasteiger partial charge >= 0.3 is 5.97 Å². The molecule has 1 heterocycles. The molecule has 110 valence electrons. The van der Waals surface area contributed by atoms with Gasteiger partial charge < -0.3 is 15.6 Å². The van der Waals surface area contributed by atoms with Crippen LogP contribution < -0.4 is 10.5 Å². The van der Waals surface area contributed by atoms with Crippen LogP contribution >= 0.6 is 0 Å². The lowest BCUT2D eigenvalue weighted by molar-refractivity contribution is -0.132. The number of aromatic nitrogens is 1. The van der Waals surface area contributed by atoms with Crippen molar-refractivity contribution in [1.29, 1.82) is 0 Å². The minimum atomic E-state index is -1.14. The summed E-state index contributed by atoms with van der Waals surface area (Å²) in [6.07, 6.45) is 3.61. The van der Waals surface area contributed by atoms with E-state index in [1.54, 1.807) is 12.1 Å². The summed E-state index contributed by atoms with van der Waals surface area (Å²) in [4.78, 5) is 18.4. The summed E-state index contributed by atoms with van der Waals surface area (Å²) < 4.78 is 4.97. The topological polar surface area (TPSA) is 97.8 Å². The van der Waals surface area contributed by atoms with Crippen molar-refractivity contribution in [3.63, 3.8) is 0 Å². The van der Waals surface area contributed by atoms with Crippen LogP contribution in [0, 0.1) is 5.92 Å². The molecule has 0 bridgehead atoms. The molecule has 1 aromatic rings. The normalized spacial score (nSPS) is 11.2. The summed E-state index contributed by atoms with van der Waals surface area (Å²) in [5, 5.41) is 8.67. The molecule has 0 atom stereocenters. The minimum Gasteiger partial charge on any atom is -0.497 e.